The molecular weight excluding hydrogens is 529 g/mol. The summed E-state index contributed by atoms with van der Waals surface area (Å²) < 4.78 is 47.4. The predicted molar refractivity (Wildman–Crippen MR) is 144 cm³/mol. The molecule has 1 aromatic heterocycles. The average Bonchev–Trinajstić information content (AvgIpc) is 3.60. The fourth-order valence-corrected chi connectivity index (χ4v) is 5.78. The molecule has 1 unspecified atom stereocenters. The highest BCUT2D eigenvalue weighted by atomic mass is 32.2. The van der Waals surface area contributed by atoms with Gasteiger partial charge in [-0.2, -0.15) is 18.3 Å². The van der Waals surface area contributed by atoms with Crippen molar-refractivity contribution >= 4 is 39.9 Å². The van der Waals surface area contributed by atoms with Crippen LogP contribution < -0.4 is 4.74 Å². The highest BCUT2D eigenvalue weighted by Gasteiger charge is 2.36. The maximum atomic E-state index is 13.6. The van der Waals surface area contributed by atoms with Crippen LogP contribution >= 0.6 is 11.8 Å². The number of amides is 2. The number of imide groups is 1. The number of nitrogens with zero attached hydrogens (tertiary/aromatic N) is 4. The number of carbonyl (C=O) groups excluding carboxylic acids is 2. The van der Waals surface area contributed by atoms with Gasteiger partial charge in [-0.05, 0) is 72.1 Å². The lowest BCUT2D eigenvalue weighted by atomic mass is 10.1. The highest BCUT2D eigenvalue weighted by Crippen LogP contribution is 2.36. The summed E-state index contributed by atoms with van der Waals surface area (Å²) in [5.41, 5.74) is 0.636. The Hall–Kier alpha value is -3.57. The van der Waals surface area contributed by atoms with Crippen LogP contribution in [0.25, 0.3) is 17.0 Å². The van der Waals surface area contributed by atoms with E-state index in [0.29, 0.717) is 40.4 Å². The molecule has 0 radical (unpaired) electrons. The first-order valence-electron chi connectivity index (χ1n) is 12.5. The minimum atomic E-state index is -4.54. The fourth-order valence-electron chi connectivity index (χ4n) is 4.91. The van der Waals surface area contributed by atoms with Crippen molar-refractivity contribution in [3.05, 3.63) is 76.8 Å². The van der Waals surface area contributed by atoms with Gasteiger partial charge in [0.2, 0.25) is 0 Å². The Morgan fingerprint density at radius 2 is 2.00 bits per heavy atom. The second kappa shape index (κ2) is 10.9. The molecule has 3 aromatic rings. The van der Waals surface area contributed by atoms with Crippen LogP contribution in [0.3, 0.4) is 0 Å². The quantitative estimate of drug-likeness (QED) is 0.264. The molecule has 2 saturated heterocycles. The van der Waals surface area contributed by atoms with Crippen LogP contribution in [-0.2, 0) is 17.5 Å². The van der Waals surface area contributed by atoms with Crippen molar-refractivity contribution in [2.45, 2.75) is 19.1 Å². The van der Waals surface area contributed by atoms with E-state index in [-0.39, 0.29) is 29.0 Å². The van der Waals surface area contributed by atoms with Gasteiger partial charge in [0.15, 0.2) is 0 Å². The lowest BCUT2D eigenvalue weighted by molar-refractivity contribution is -0.138. The van der Waals surface area contributed by atoms with E-state index in [4.69, 9.17) is 4.74 Å². The maximum absolute atomic E-state index is 13.6. The third kappa shape index (κ3) is 5.74. The van der Waals surface area contributed by atoms with Gasteiger partial charge in [0, 0.05) is 25.0 Å². The first kappa shape index (κ1) is 27.0. The fraction of sp³-hybridized carbons (Fsp3) is 0.321. The molecule has 0 bridgehead atoms. The van der Waals surface area contributed by atoms with E-state index in [0.717, 1.165) is 37.3 Å². The molecule has 2 amide bonds. The van der Waals surface area contributed by atoms with Crippen LogP contribution in [-0.4, -0.2) is 64.0 Å². The number of rotatable bonds is 8. The molecule has 3 heterocycles. The molecule has 39 heavy (non-hydrogen) atoms. The van der Waals surface area contributed by atoms with Crippen LogP contribution in [0, 0.1) is 5.92 Å². The van der Waals surface area contributed by atoms with E-state index in [9.17, 15) is 22.8 Å². The van der Waals surface area contributed by atoms with Crippen molar-refractivity contribution in [2.75, 3.05) is 33.3 Å². The summed E-state index contributed by atoms with van der Waals surface area (Å²) in [5, 5.41) is 4.71. The summed E-state index contributed by atoms with van der Waals surface area (Å²) in [6, 6.07) is 9.16. The van der Waals surface area contributed by atoms with Crippen LogP contribution in [0.1, 0.15) is 23.1 Å². The summed E-state index contributed by atoms with van der Waals surface area (Å²) in [4.78, 5) is 29.3. The first-order valence-corrected chi connectivity index (χ1v) is 13.3. The van der Waals surface area contributed by atoms with Crippen LogP contribution in [0.15, 0.2) is 60.2 Å². The van der Waals surface area contributed by atoms with E-state index < -0.39 is 11.7 Å². The van der Waals surface area contributed by atoms with Gasteiger partial charge in [0.25, 0.3) is 11.1 Å². The minimum absolute atomic E-state index is 0.0694. The summed E-state index contributed by atoms with van der Waals surface area (Å²) in [7, 11) is 1.32. The molecular formula is C28H27F3N4O3S. The van der Waals surface area contributed by atoms with Crippen molar-refractivity contribution in [3.8, 4) is 5.75 Å². The SMILES string of the molecule is C=CC1CCN(CCN2C(=O)SC(=Cc3ccc4c(cnn4Cc4ccc(OC)cc4C(F)(F)F)c3)C2=O)C1. The van der Waals surface area contributed by atoms with Crippen molar-refractivity contribution in [1.82, 2.24) is 19.6 Å². The zero-order chi connectivity index (χ0) is 27.7. The zero-order valence-electron chi connectivity index (χ0n) is 21.3. The summed E-state index contributed by atoms with van der Waals surface area (Å²) >= 11 is 0.910. The third-order valence-corrected chi connectivity index (χ3v) is 7.97. The Labute approximate surface area is 227 Å². The van der Waals surface area contributed by atoms with Crippen molar-refractivity contribution < 1.29 is 27.5 Å². The molecule has 2 fully saturated rings. The number of aromatic nitrogens is 2. The average molecular weight is 557 g/mol. The van der Waals surface area contributed by atoms with E-state index in [1.165, 1.54) is 28.8 Å². The Kier molecular flexibility index (Phi) is 7.55. The van der Waals surface area contributed by atoms with Gasteiger partial charge in [-0.1, -0.05) is 18.2 Å². The number of hydrogen-bond acceptors (Lipinski definition) is 6. The summed E-state index contributed by atoms with van der Waals surface area (Å²) in [6.07, 6.45) is 1.68. The van der Waals surface area contributed by atoms with Gasteiger partial charge in [0.1, 0.15) is 5.75 Å². The molecule has 0 aliphatic carbocycles. The molecule has 7 nitrogen and oxygen atoms in total. The normalized spacial score (nSPS) is 19.5. The van der Waals surface area contributed by atoms with Crippen LogP contribution in [0.2, 0.25) is 0 Å². The molecule has 1 atom stereocenters. The van der Waals surface area contributed by atoms with E-state index in [1.54, 1.807) is 30.5 Å². The Morgan fingerprint density at radius 1 is 1.18 bits per heavy atom. The highest BCUT2D eigenvalue weighted by molar-refractivity contribution is 8.18. The van der Waals surface area contributed by atoms with Gasteiger partial charge in [-0.3, -0.25) is 19.2 Å². The molecule has 5 rings (SSSR count). The van der Waals surface area contributed by atoms with E-state index in [2.05, 4.69) is 16.6 Å². The Bertz CT molecular complexity index is 1470. The van der Waals surface area contributed by atoms with Crippen molar-refractivity contribution in [2.24, 2.45) is 5.92 Å². The van der Waals surface area contributed by atoms with Gasteiger partial charge >= 0.3 is 6.18 Å². The topological polar surface area (TPSA) is 67.7 Å². The van der Waals surface area contributed by atoms with Crippen molar-refractivity contribution in [1.29, 1.82) is 0 Å². The molecule has 2 aliphatic heterocycles. The number of methoxy groups -OCH3 is 1. The molecule has 2 aromatic carbocycles. The minimum Gasteiger partial charge on any atom is -0.497 e. The second-order valence-corrected chi connectivity index (χ2v) is 10.6. The van der Waals surface area contributed by atoms with E-state index >= 15 is 0 Å². The lowest BCUT2D eigenvalue weighted by Crippen LogP contribution is -2.36. The van der Waals surface area contributed by atoms with Gasteiger partial charge < -0.3 is 9.64 Å². The van der Waals surface area contributed by atoms with Gasteiger partial charge in [-0.15, -0.1) is 6.58 Å². The second-order valence-electron chi connectivity index (χ2n) is 9.56. The van der Waals surface area contributed by atoms with Gasteiger partial charge in [0.05, 0.1) is 35.8 Å². The number of alkyl halides is 3. The van der Waals surface area contributed by atoms with Crippen LogP contribution in [0.5, 0.6) is 5.75 Å². The number of halogens is 3. The molecule has 0 spiro atoms. The maximum Gasteiger partial charge on any atom is 0.416 e. The number of benzene rings is 2. The molecule has 2 aliphatic rings. The lowest BCUT2D eigenvalue weighted by Gasteiger charge is -2.19. The monoisotopic (exact) mass is 556 g/mol. The first-order chi connectivity index (χ1) is 18.7. The standard InChI is InChI=1S/C28H27F3N4O3S/c1-3-18-8-9-33(16-18)10-11-34-26(36)25(39-27(34)37)13-19-4-7-24-21(12-19)15-32-35(24)17-20-5-6-22(38-2)14-23(20)28(29,30)31/h3-7,12-15,18H,1,8-11,16-17H2,2H3. The molecule has 11 heteroatoms. The smallest absolute Gasteiger partial charge is 0.416 e. The third-order valence-electron chi connectivity index (χ3n) is 7.06. The number of likely N-dealkylation sites (tertiary alicyclic amines) is 1. The molecule has 0 saturated carbocycles. The number of fused-ring (bicyclic) bond motifs is 1. The molecule has 204 valence electrons. The number of carbonyl (C=O) groups is 2. The number of thioether (sulfide) groups is 1. The van der Waals surface area contributed by atoms with Crippen molar-refractivity contribution in [3.63, 3.8) is 0 Å². The summed E-state index contributed by atoms with van der Waals surface area (Å²) in [5.74, 6) is 0.254. The van der Waals surface area contributed by atoms with E-state index in [1.807, 2.05) is 6.08 Å². The van der Waals surface area contributed by atoms with Gasteiger partial charge in [-0.25, -0.2) is 0 Å². The number of ether oxygens (including phenoxy) is 1. The van der Waals surface area contributed by atoms with Crippen LogP contribution in [0.4, 0.5) is 18.0 Å². The largest absolute Gasteiger partial charge is 0.497 e. The summed E-state index contributed by atoms with van der Waals surface area (Å²) in [6.45, 7) is 6.54. The Morgan fingerprint density at radius 3 is 2.72 bits per heavy atom. The predicted octanol–water partition coefficient (Wildman–Crippen LogP) is 5.66. The zero-order valence-corrected chi connectivity index (χ0v) is 22.1. The number of hydrogen-bond donors (Lipinski definition) is 0. The Balaban J connectivity index is 1.31. The molecule has 0 N–H and O–H groups in total.